The Balaban J connectivity index is 1.69. The van der Waals surface area contributed by atoms with Crippen molar-refractivity contribution >= 4 is 37.3 Å². The summed E-state index contributed by atoms with van der Waals surface area (Å²) >= 11 is 1.41. The number of sulfone groups is 1. The Morgan fingerprint density at radius 2 is 2.06 bits per heavy atom. The lowest BCUT2D eigenvalue weighted by Crippen LogP contribution is -2.48. The van der Waals surface area contributed by atoms with Crippen molar-refractivity contribution in [2.45, 2.75) is 59.2 Å². The Hall–Kier alpha value is -2.52. The average Bonchev–Trinajstić information content (AvgIpc) is 3.35. The maximum atomic E-state index is 13.4. The van der Waals surface area contributed by atoms with Crippen LogP contribution in [0.25, 0.3) is 21.3 Å². The van der Waals surface area contributed by atoms with E-state index in [0.717, 1.165) is 16.7 Å². The largest absolute Gasteiger partial charge is 0.334 e. The molecule has 0 N–H and O–H groups in total. The zero-order valence-electron chi connectivity index (χ0n) is 19.4. The summed E-state index contributed by atoms with van der Waals surface area (Å²) < 4.78 is 25.4. The third kappa shape index (κ3) is 4.61. The molecule has 0 aliphatic carbocycles. The number of hydrogen-bond donors (Lipinski definition) is 0. The summed E-state index contributed by atoms with van der Waals surface area (Å²) in [7, 11) is -3.13. The van der Waals surface area contributed by atoms with E-state index in [9.17, 15) is 18.0 Å². The molecule has 1 fully saturated rings. The van der Waals surface area contributed by atoms with Gasteiger partial charge < -0.3 is 4.90 Å². The van der Waals surface area contributed by atoms with Crippen LogP contribution in [0.4, 0.5) is 0 Å². The van der Waals surface area contributed by atoms with Gasteiger partial charge in [0.05, 0.1) is 23.2 Å². The summed E-state index contributed by atoms with van der Waals surface area (Å²) in [5.41, 5.74) is 3.83. The van der Waals surface area contributed by atoms with E-state index >= 15 is 0 Å². The number of carbonyl (C=O) groups is 1. The van der Waals surface area contributed by atoms with E-state index in [1.165, 1.54) is 27.8 Å². The third-order valence-electron chi connectivity index (χ3n) is 6.64. The summed E-state index contributed by atoms with van der Waals surface area (Å²) in [6, 6.07) is 5.63. The molecule has 2 aromatic heterocycles. The lowest BCUT2D eigenvalue weighted by atomic mass is 10.0. The summed E-state index contributed by atoms with van der Waals surface area (Å²) in [6.45, 7) is 7.81. The van der Waals surface area contributed by atoms with Gasteiger partial charge in [-0.15, -0.1) is 11.3 Å². The minimum absolute atomic E-state index is 0.0171. The van der Waals surface area contributed by atoms with Crippen molar-refractivity contribution in [3.05, 3.63) is 51.4 Å². The first kappa shape index (κ1) is 23.6. The van der Waals surface area contributed by atoms with Crippen molar-refractivity contribution in [3.63, 3.8) is 0 Å². The predicted molar refractivity (Wildman–Crippen MR) is 132 cm³/mol. The summed E-state index contributed by atoms with van der Waals surface area (Å²) in [5, 5.41) is 2.45. The molecule has 0 bridgehead atoms. The number of hydrogen-bond acceptors (Lipinski definition) is 6. The van der Waals surface area contributed by atoms with Crippen LogP contribution in [0.1, 0.15) is 37.8 Å². The molecular weight excluding hydrogens is 458 g/mol. The Bertz CT molecular complexity index is 1370. The van der Waals surface area contributed by atoms with Crippen LogP contribution < -0.4 is 5.56 Å². The molecule has 7 nitrogen and oxygen atoms in total. The smallest absolute Gasteiger partial charge is 0.263 e. The fourth-order valence-corrected chi connectivity index (χ4v) is 7.05. The van der Waals surface area contributed by atoms with Gasteiger partial charge in [0, 0.05) is 23.0 Å². The molecule has 2 unspecified atom stereocenters. The monoisotopic (exact) mass is 487 g/mol. The molecule has 1 aliphatic rings. The second kappa shape index (κ2) is 9.02. The Kier molecular flexibility index (Phi) is 6.46. The Labute approximate surface area is 198 Å². The molecule has 0 radical (unpaired) electrons. The van der Waals surface area contributed by atoms with Gasteiger partial charge in [0.1, 0.15) is 11.4 Å². The minimum atomic E-state index is -3.13. The van der Waals surface area contributed by atoms with Gasteiger partial charge >= 0.3 is 0 Å². The highest BCUT2D eigenvalue weighted by atomic mass is 32.2. The van der Waals surface area contributed by atoms with Crippen molar-refractivity contribution in [1.29, 1.82) is 0 Å². The van der Waals surface area contributed by atoms with Gasteiger partial charge in [0.2, 0.25) is 5.91 Å². The van der Waals surface area contributed by atoms with Crippen molar-refractivity contribution in [1.82, 2.24) is 14.5 Å². The zero-order chi connectivity index (χ0) is 23.9. The zero-order valence-corrected chi connectivity index (χ0v) is 21.0. The summed E-state index contributed by atoms with van der Waals surface area (Å²) in [6.07, 6.45) is 2.56. The number of nitrogens with zero attached hydrogens (tertiary/aromatic N) is 3. The first-order chi connectivity index (χ1) is 15.6. The molecule has 4 rings (SSSR count). The highest BCUT2D eigenvalue weighted by molar-refractivity contribution is 7.91. The van der Waals surface area contributed by atoms with Crippen LogP contribution in [-0.4, -0.2) is 52.4 Å². The standard InChI is InChI=1S/C24H29N3O4S2/c1-5-17(4)27(19-8-9-33(30,31)13-19)21(28)11-26-14-25-23-22(24(26)29)20(12-32-23)18-7-6-15(2)16(3)10-18/h6-7,10,12,14,17,19H,5,8-9,11,13H2,1-4H3. The van der Waals surface area contributed by atoms with Crippen LogP contribution in [0, 0.1) is 13.8 Å². The second-order valence-corrected chi connectivity index (χ2v) is 12.0. The van der Waals surface area contributed by atoms with Gasteiger partial charge in [-0.3, -0.25) is 14.2 Å². The third-order valence-corrected chi connectivity index (χ3v) is 9.28. The predicted octanol–water partition coefficient (Wildman–Crippen LogP) is 3.56. The molecule has 1 amide bonds. The highest BCUT2D eigenvalue weighted by Crippen LogP contribution is 2.31. The molecule has 1 saturated heterocycles. The quantitative estimate of drug-likeness (QED) is 0.530. The van der Waals surface area contributed by atoms with E-state index in [4.69, 9.17) is 0 Å². The lowest BCUT2D eigenvalue weighted by molar-refractivity contribution is -0.136. The van der Waals surface area contributed by atoms with E-state index in [1.54, 1.807) is 4.90 Å². The van der Waals surface area contributed by atoms with Crippen LogP contribution in [-0.2, 0) is 21.2 Å². The van der Waals surface area contributed by atoms with E-state index < -0.39 is 9.84 Å². The molecule has 9 heteroatoms. The molecule has 0 spiro atoms. The van der Waals surface area contributed by atoms with Gasteiger partial charge in [-0.2, -0.15) is 0 Å². The van der Waals surface area contributed by atoms with E-state index in [-0.39, 0.29) is 41.6 Å². The van der Waals surface area contributed by atoms with Crippen LogP contribution in [0.15, 0.2) is 34.7 Å². The second-order valence-electron chi connectivity index (χ2n) is 8.92. The average molecular weight is 488 g/mol. The van der Waals surface area contributed by atoms with Crippen molar-refractivity contribution in [3.8, 4) is 11.1 Å². The maximum absolute atomic E-state index is 13.4. The lowest BCUT2D eigenvalue weighted by Gasteiger charge is -2.33. The summed E-state index contributed by atoms with van der Waals surface area (Å²) in [4.78, 5) is 33.5. The molecule has 3 aromatic rings. The molecule has 0 saturated carbocycles. The molecule has 3 heterocycles. The van der Waals surface area contributed by atoms with E-state index in [0.29, 0.717) is 23.1 Å². The molecule has 176 valence electrons. The van der Waals surface area contributed by atoms with Crippen molar-refractivity contribution in [2.24, 2.45) is 0 Å². The van der Waals surface area contributed by atoms with Gasteiger partial charge in [-0.1, -0.05) is 25.1 Å². The molecule has 1 aromatic carbocycles. The van der Waals surface area contributed by atoms with E-state index in [1.807, 2.05) is 45.2 Å². The fraction of sp³-hybridized carbons (Fsp3) is 0.458. The normalized spacial score (nSPS) is 18.5. The topological polar surface area (TPSA) is 89.3 Å². The van der Waals surface area contributed by atoms with Crippen molar-refractivity contribution < 1.29 is 13.2 Å². The van der Waals surface area contributed by atoms with Crippen LogP contribution in [0.2, 0.25) is 0 Å². The summed E-state index contributed by atoms with van der Waals surface area (Å²) in [5.74, 6) is -0.173. The number of rotatable bonds is 6. The maximum Gasteiger partial charge on any atom is 0.263 e. The number of thiophene rings is 1. The first-order valence-electron chi connectivity index (χ1n) is 11.2. The van der Waals surface area contributed by atoms with Gasteiger partial charge in [-0.25, -0.2) is 13.4 Å². The Morgan fingerprint density at radius 1 is 1.30 bits per heavy atom. The number of aromatic nitrogens is 2. The van der Waals surface area contributed by atoms with Crippen LogP contribution in [0.3, 0.4) is 0 Å². The number of benzene rings is 1. The number of aryl methyl sites for hydroxylation is 2. The van der Waals surface area contributed by atoms with Gasteiger partial charge in [0.25, 0.3) is 5.56 Å². The number of fused-ring (bicyclic) bond motifs is 1. The number of amides is 1. The van der Waals surface area contributed by atoms with E-state index in [2.05, 4.69) is 11.1 Å². The molecule has 2 atom stereocenters. The molecule has 1 aliphatic heterocycles. The van der Waals surface area contributed by atoms with Crippen LogP contribution >= 0.6 is 11.3 Å². The number of carbonyl (C=O) groups excluding carboxylic acids is 1. The fourth-order valence-electron chi connectivity index (χ4n) is 4.43. The Morgan fingerprint density at radius 3 is 2.70 bits per heavy atom. The minimum Gasteiger partial charge on any atom is -0.334 e. The van der Waals surface area contributed by atoms with Crippen molar-refractivity contribution in [2.75, 3.05) is 11.5 Å². The first-order valence-corrected chi connectivity index (χ1v) is 13.9. The van der Waals surface area contributed by atoms with Gasteiger partial charge in [0.15, 0.2) is 9.84 Å². The highest BCUT2D eigenvalue weighted by Gasteiger charge is 2.36. The molecule has 33 heavy (non-hydrogen) atoms. The SMILES string of the molecule is CCC(C)N(C(=O)Cn1cnc2scc(-c3ccc(C)c(C)c3)c2c1=O)C1CCS(=O)(=O)C1. The van der Waals surface area contributed by atoms with Crippen LogP contribution in [0.5, 0.6) is 0 Å². The van der Waals surface area contributed by atoms with Gasteiger partial charge in [-0.05, 0) is 50.3 Å². The molecular formula is C24H29N3O4S2.